The molecule has 0 aliphatic carbocycles. The zero-order valence-corrected chi connectivity index (χ0v) is 13.9. The van der Waals surface area contributed by atoms with Gasteiger partial charge in [0, 0.05) is 31.9 Å². The van der Waals surface area contributed by atoms with Crippen LogP contribution < -0.4 is 5.73 Å². The summed E-state index contributed by atoms with van der Waals surface area (Å²) in [6, 6.07) is 5.25. The van der Waals surface area contributed by atoms with Crippen molar-refractivity contribution in [1.29, 1.82) is 0 Å². The van der Waals surface area contributed by atoms with Crippen molar-refractivity contribution in [2.24, 2.45) is 0 Å². The smallest absolute Gasteiger partial charge is 0.254 e. The number of hydrogen-bond donors (Lipinski definition) is 1. The molecule has 6 heteroatoms. The second kappa shape index (κ2) is 8.52. The van der Waals surface area contributed by atoms with Crippen molar-refractivity contribution in [2.75, 3.05) is 32.9 Å². The number of amides is 2. The highest BCUT2D eigenvalue weighted by Gasteiger charge is 2.20. The molecule has 2 N–H and O–H groups in total. The molecule has 0 aliphatic heterocycles. The van der Waals surface area contributed by atoms with Crippen LogP contribution in [-0.2, 0) is 4.79 Å². The molecule has 1 aromatic carbocycles. The zero-order chi connectivity index (χ0) is 15.3. The minimum absolute atomic E-state index is 0. The van der Waals surface area contributed by atoms with E-state index in [0.717, 1.165) is 12.0 Å². The first-order chi connectivity index (χ1) is 9.36. The van der Waals surface area contributed by atoms with Gasteiger partial charge >= 0.3 is 0 Å². The maximum absolute atomic E-state index is 12.6. The van der Waals surface area contributed by atoms with Gasteiger partial charge in [0.15, 0.2) is 0 Å². The first-order valence-electron chi connectivity index (χ1n) is 6.72. The normalized spacial score (nSPS) is 9.71. The van der Waals surface area contributed by atoms with Crippen molar-refractivity contribution in [3.05, 3.63) is 29.3 Å². The molecular weight excluding hydrogens is 290 g/mol. The number of likely N-dealkylation sites (N-methyl/N-ethyl adjacent to an activating group) is 1. The molecule has 0 fully saturated rings. The molecule has 0 atom stereocenters. The SMILES string of the molecule is CCCN(CC(=O)N(C)C)C(=O)c1cc(N)ccc1C.Cl. The highest BCUT2D eigenvalue weighted by atomic mass is 35.5. The highest BCUT2D eigenvalue weighted by molar-refractivity contribution is 5.98. The number of benzene rings is 1. The summed E-state index contributed by atoms with van der Waals surface area (Å²) in [5.74, 6) is -0.236. The Morgan fingerprint density at radius 1 is 1.24 bits per heavy atom. The molecule has 1 aromatic rings. The van der Waals surface area contributed by atoms with E-state index in [1.807, 2.05) is 19.9 Å². The highest BCUT2D eigenvalue weighted by Crippen LogP contribution is 2.15. The van der Waals surface area contributed by atoms with Gasteiger partial charge in [-0.2, -0.15) is 0 Å². The molecule has 0 radical (unpaired) electrons. The average molecular weight is 314 g/mol. The molecule has 0 spiro atoms. The minimum atomic E-state index is -0.146. The van der Waals surface area contributed by atoms with Crippen LogP contribution in [0.2, 0.25) is 0 Å². The van der Waals surface area contributed by atoms with Crippen molar-refractivity contribution < 1.29 is 9.59 Å². The quantitative estimate of drug-likeness (QED) is 0.845. The van der Waals surface area contributed by atoms with Gasteiger partial charge in [-0.1, -0.05) is 13.0 Å². The monoisotopic (exact) mass is 313 g/mol. The summed E-state index contributed by atoms with van der Waals surface area (Å²) in [5.41, 5.74) is 7.72. The molecule has 5 nitrogen and oxygen atoms in total. The third-order valence-electron chi connectivity index (χ3n) is 3.10. The maximum Gasteiger partial charge on any atom is 0.254 e. The summed E-state index contributed by atoms with van der Waals surface area (Å²) in [6.45, 7) is 4.48. The Morgan fingerprint density at radius 2 is 1.86 bits per heavy atom. The average Bonchev–Trinajstić information content (AvgIpc) is 2.40. The summed E-state index contributed by atoms with van der Waals surface area (Å²) in [4.78, 5) is 27.5. The van der Waals surface area contributed by atoms with Gasteiger partial charge in [0.05, 0.1) is 0 Å². The molecule has 0 heterocycles. The Labute approximate surface area is 132 Å². The topological polar surface area (TPSA) is 66.6 Å². The standard InChI is InChI=1S/C15H23N3O2.ClH/c1-5-8-18(10-14(19)17(3)4)15(20)13-9-12(16)7-6-11(13)2;/h6-7,9H,5,8,10,16H2,1-4H3;1H. The molecule has 21 heavy (non-hydrogen) atoms. The first-order valence-corrected chi connectivity index (χ1v) is 6.72. The molecule has 1 rings (SSSR count). The first kappa shape index (κ1) is 19.2. The van der Waals surface area contributed by atoms with Crippen LogP contribution in [0.4, 0.5) is 5.69 Å². The molecular formula is C15H24ClN3O2. The van der Waals surface area contributed by atoms with Gasteiger partial charge in [-0.3, -0.25) is 9.59 Å². The number of nitrogens with zero attached hydrogens (tertiary/aromatic N) is 2. The Morgan fingerprint density at radius 3 is 2.38 bits per heavy atom. The van der Waals surface area contributed by atoms with Gasteiger partial charge in [-0.15, -0.1) is 12.4 Å². The summed E-state index contributed by atoms with van der Waals surface area (Å²) < 4.78 is 0. The second-order valence-electron chi connectivity index (χ2n) is 5.09. The Balaban J connectivity index is 0.00000400. The van der Waals surface area contributed by atoms with Crippen molar-refractivity contribution in [3.8, 4) is 0 Å². The van der Waals surface area contributed by atoms with Crippen LogP contribution in [0.1, 0.15) is 29.3 Å². The van der Waals surface area contributed by atoms with Crippen molar-refractivity contribution in [2.45, 2.75) is 20.3 Å². The van der Waals surface area contributed by atoms with E-state index in [-0.39, 0.29) is 30.8 Å². The lowest BCUT2D eigenvalue weighted by Gasteiger charge is -2.24. The van der Waals surface area contributed by atoms with E-state index in [4.69, 9.17) is 5.73 Å². The van der Waals surface area contributed by atoms with Crippen LogP contribution in [0.5, 0.6) is 0 Å². The molecule has 0 saturated carbocycles. The number of halogens is 1. The fraction of sp³-hybridized carbons (Fsp3) is 0.467. The van der Waals surface area contributed by atoms with Crippen molar-refractivity contribution in [1.82, 2.24) is 9.80 Å². The van der Waals surface area contributed by atoms with Crippen LogP contribution in [0.25, 0.3) is 0 Å². The van der Waals surface area contributed by atoms with E-state index >= 15 is 0 Å². The molecule has 0 bridgehead atoms. The number of nitrogens with two attached hydrogens (primary N) is 1. The predicted octanol–water partition coefficient (Wildman–Crippen LogP) is 1.94. The van der Waals surface area contributed by atoms with Gasteiger partial charge < -0.3 is 15.5 Å². The summed E-state index contributed by atoms with van der Waals surface area (Å²) in [5, 5.41) is 0. The fourth-order valence-electron chi connectivity index (χ4n) is 1.87. The Kier molecular flexibility index (Phi) is 7.81. The molecule has 2 amide bonds. The van der Waals surface area contributed by atoms with Crippen LogP contribution in [0.3, 0.4) is 0 Å². The Hall–Kier alpha value is -1.75. The third-order valence-corrected chi connectivity index (χ3v) is 3.10. The van der Waals surface area contributed by atoms with Gasteiger partial charge in [-0.05, 0) is 31.0 Å². The van der Waals surface area contributed by atoms with Crippen LogP contribution >= 0.6 is 12.4 Å². The minimum Gasteiger partial charge on any atom is -0.399 e. The largest absolute Gasteiger partial charge is 0.399 e. The molecule has 0 aliphatic rings. The summed E-state index contributed by atoms with van der Waals surface area (Å²) >= 11 is 0. The van der Waals surface area contributed by atoms with E-state index in [9.17, 15) is 9.59 Å². The van der Waals surface area contributed by atoms with Gasteiger partial charge in [0.1, 0.15) is 6.54 Å². The summed E-state index contributed by atoms with van der Waals surface area (Å²) in [6.07, 6.45) is 0.799. The predicted molar refractivity (Wildman–Crippen MR) is 87.7 cm³/mol. The van der Waals surface area contributed by atoms with Crippen LogP contribution in [0, 0.1) is 6.92 Å². The van der Waals surface area contributed by atoms with E-state index < -0.39 is 0 Å². The molecule has 0 saturated heterocycles. The van der Waals surface area contributed by atoms with E-state index in [1.54, 1.807) is 31.1 Å². The van der Waals surface area contributed by atoms with E-state index in [0.29, 0.717) is 17.8 Å². The number of carbonyl (C=O) groups is 2. The van der Waals surface area contributed by atoms with Crippen molar-refractivity contribution in [3.63, 3.8) is 0 Å². The third kappa shape index (κ3) is 5.27. The van der Waals surface area contributed by atoms with Gasteiger partial charge in [-0.25, -0.2) is 0 Å². The lowest BCUT2D eigenvalue weighted by Crippen LogP contribution is -2.41. The second-order valence-corrected chi connectivity index (χ2v) is 5.09. The number of nitrogen functional groups attached to an aromatic ring is 1. The molecule has 0 unspecified atom stereocenters. The molecule has 0 aromatic heterocycles. The van der Waals surface area contributed by atoms with Gasteiger partial charge in [0.25, 0.3) is 5.91 Å². The fourth-order valence-corrected chi connectivity index (χ4v) is 1.87. The number of aryl methyl sites for hydroxylation is 1. The lowest BCUT2D eigenvalue weighted by atomic mass is 10.1. The maximum atomic E-state index is 12.6. The van der Waals surface area contributed by atoms with Crippen LogP contribution in [-0.4, -0.2) is 48.8 Å². The van der Waals surface area contributed by atoms with E-state index in [1.165, 1.54) is 4.90 Å². The number of anilines is 1. The van der Waals surface area contributed by atoms with Crippen molar-refractivity contribution >= 4 is 29.9 Å². The van der Waals surface area contributed by atoms with E-state index in [2.05, 4.69) is 0 Å². The van der Waals surface area contributed by atoms with Gasteiger partial charge in [0.2, 0.25) is 5.91 Å². The summed E-state index contributed by atoms with van der Waals surface area (Å²) in [7, 11) is 3.37. The lowest BCUT2D eigenvalue weighted by molar-refractivity contribution is -0.129. The Bertz CT molecular complexity index is 504. The van der Waals surface area contributed by atoms with Crippen LogP contribution in [0.15, 0.2) is 18.2 Å². The zero-order valence-electron chi connectivity index (χ0n) is 13.0. The number of hydrogen-bond acceptors (Lipinski definition) is 3. The molecule has 118 valence electrons. The number of rotatable bonds is 5. The number of carbonyl (C=O) groups excluding carboxylic acids is 2.